The van der Waals surface area contributed by atoms with Gasteiger partial charge < -0.3 is 19.2 Å². The molecule has 3 heterocycles. The van der Waals surface area contributed by atoms with Gasteiger partial charge in [0.05, 0.1) is 18.6 Å². The number of hydrogen-bond acceptors (Lipinski definition) is 6. The molecule has 0 amide bonds. The minimum atomic E-state index is -0.0435. The lowest BCUT2D eigenvalue weighted by Crippen LogP contribution is -2.36. The van der Waals surface area contributed by atoms with E-state index in [2.05, 4.69) is 17.0 Å². The maximum atomic E-state index is 12.9. The van der Waals surface area contributed by atoms with Crippen LogP contribution in [0.25, 0.3) is 42.3 Å². The summed E-state index contributed by atoms with van der Waals surface area (Å²) in [4.78, 5) is 15.0. The Hall–Kier alpha value is -3.35. The van der Waals surface area contributed by atoms with E-state index in [0.717, 1.165) is 31.3 Å². The SMILES string of the molecule is O=c1cc(N2CCOCC2)oc2c(-c3cccc4c3sc3cc(O)ccc34)cccc12. The molecule has 0 saturated carbocycles. The van der Waals surface area contributed by atoms with Crippen molar-refractivity contribution in [1.29, 1.82) is 0 Å². The van der Waals surface area contributed by atoms with Gasteiger partial charge in [0.25, 0.3) is 0 Å². The van der Waals surface area contributed by atoms with E-state index in [-0.39, 0.29) is 11.2 Å². The third-order valence-corrected chi connectivity index (χ3v) is 7.04. The fourth-order valence-corrected chi connectivity index (χ4v) is 5.58. The molecule has 0 unspecified atom stereocenters. The Bertz CT molecular complexity index is 1510. The molecule has 1 aliphatic heterocycles. The van der Waals surface area contributed by atoms with Gasteiger partial charge in [-0.05, 0) is 24.3 Å². The molecule has 2 aromatic heterocycles. The molecule has 0 radical (unpaired) electrons. The van der Waals surface area contributed by atoms with E-state index < -0.39 is 0 Å². The molecule has 154 valence electrons. The minimum absolute atomic E-state index is 0.0435. The van der Waals surface area contributed by atoms with Gasteiger partial charge in [0.1, 0.15) is 11.3 Å². The smallest absolute Gasteiger partial charge is 0.200 e. The van der Waals surface area contributed by atoms with Gasteiger partial charge in [-0.1, -0.05) is 30.3 Å². The van der Waals surface area contributed by atoms with Crippen LogP contribution in [0.15, 0.2) is 69.9 Å². The third-order valence-electron chi connectivity index (χ3n) is 5.84. The van der Waals surface area contributed by atoms with E-state index >= 15 is 0 Å². The van der Waals surface area contributed by atoms with Gasteiger partial charge in [-0.3, -0.25) is 4.79 Å². The summed E-state index contributed by atoms with van der Waals surface area (Å²) in [5.41, 5.74) is 2.47. The Morgan fingerprint density at radius 1 is 0.871 bits per heavy atom. The number of nitrogens with zero attached hydrogens (tertiary/aromatic N) is 1. The van der Waals surface area contributed by atoms with Gasteiger partial charge >= 0.3 is 0 Å². The number of rotatable bonds is 2. The van der Waals surface area contributed by atoms with E-state index in [1.165, 1.54) is 0 Å². The molecule has 31 heavy (non-hydrogen) atoms. The lowest BCUT2D eigenvalue weighted by molar-refractivity contribution is 0.121. The van der Waals surface area contributed by atoms with Crippen molar-refractivity contribution in [3.8, 4) is 16.9 Å². The molecule has 5 nitrogen and oxygen atoms in total. The molecule has 1 fully saturated rings. The number of hydrogen-bond donors (Lipinski definition) is 1. The van der Waals surface area contributed by atoms with Crippen LogP contribution in [0.2, 0.25) is 0 Å². The van der Waals surface area contributed by atoms with Crippen LogP contribution in [0.4, 0.5) is 5.88 Å². The second-order valence-electron chi connectivity index (χ2n) is 7.70. The van der Waals surface area contributed by atoms with Crippen LogP contribution < -0.4 is 10.3 Å². The second-order valence-corrected chi connectivity index (χ2v) is 8.75. The number of phenolic OH excluding ortho intramolecular Hbond substituents is 1. The summed E-state index contributed by atoms with van der Waals surface area (Å²) in [6.07, 6.45) is 0. The average Bonchev–Trinajstić information content (AvgIpc) is 3.17. The number of aromatic hydroxyl groups is 1. The summed E-state index contributed by atoms with van der Waals surface area (Å²) >= 11 is 1.64. The molecule has 6 heteroatoms. The number of phenols is 1. The first-order chi connectivity index (χ1) is 15.2. The Morgan fingerprint density at radius 3 is 2.48 bits per heavy atom. The van der Waals surface area contributed by atoms with Crippen molar-refractivity contribution in [1.82, 2.24) is 0 Å². The van der Waals surface area contributed by atoms with Crippen LogP contribution in [0, 0.1) is 0 Å². The molecule has 3 aromatic carbocycles. The van der Waals surface area contributed by atoms with Crippen LogP contribution in [0.5, 0.6) is 5.75 Å². The lowest BCUT2D eigenvalue weighted by atomic mass is 10.0. The Balaban J connectivity index is 1.62. The normalized spacial score (nSPS) is 14.6. The van der Waals surface area contributed by atoms with Gasteiger partial charge in [-0.15, -0.1) is 11.3 Å². The minimum Gasteiger partial charge on any atom is -0.508 e. The van der Waals surface area contributed by atoms with Crippen LogP contribution in [0.3, 0.4) is 0 Å². The maximum absolute atomic E-state index is 12.9. The topological polar surface area (TPSA) is 62.9 Å². The summed E-state index contributed by atoms with van der Waals surface area (Å²) in [6.45, 7) is 2.65. The van der Waals surface area contributed by atoms with Crippen molar-refractivity contribution in [2.45, 2.75) is 0 Å². The summed E-state index contributed by atoms with van der Waals surface area (Å²) in [5.74, 6) is 0.841. The van der Waals surface area contributed by atoms with Gasteiger partial charge in [0.2, 0.25) is 0 Å². The van der Waals surface area contributed by atoms with Gasteiger partial charge in [-0.2, -0.15) is 0 Å². The zero-order chi connectivity index (χ0) is 20.9. The fourth-order valence-electron chi connectivity index (χ4n) is 4.32. The standard InChI is InChI=1S/C25H19NO4S/c27-15-7-8-16-18-4-2-5-19(25(18)31-22(16)13-15)17-3-1-6-20-21(28)14-23(30-24(17)20)26-9-11-29-12-10-26/h1-8,13-14,27H,9-12H2. The number of ether oxygens (including phenoxy) is 1. The predicted octanol–water partition coefficient (Wildman–Crippen LogP) is 5.37. The number of para-hydroxylation sites is 1. The molecule has 1 aliphatic rings. The molecular weight excluding hydrogens is 410 g/mol. The molecule has 1 saturated heterocycles. The highest BCUT2D eigenvalue weighted by Gasteiger charge is 2.19. The molecule has 1 N–H and O–H groups in total. The molecule has 6 rings (SSSR count). The number of anilines is 1. The van der Waals surface area contributed by atoms with Crippen LogP contribution >= 0.6 is 11.3 Å². The van der Waals surface area contributed by atoms with Gasteiger partial charge in [0, 0.05) is 50.5 Å². The second kappa shape index (κ2) is 7.11. The van der Waals surface area contributed by atoms with E-state index in [9.17, 15) is 9.90 Å². The fraction of sp³-hybridized carbons (Fsp3) is 0.160. The first kappa shape index (κ1) is 18.4. The predicted molar refractivity (Wildman–Crippen MR) is 126 cm³/mol. The van der Waals surface area contributed by atoms with Gasteiger partial charge in [-0.25, -0.2) is 0 Å². The summed E-state index contributed by atoms with van der Waals surface area (Å²) in [6, 6.07) is 19.0. The average molecular weight is 429 g/mol. The molecular formula is C25H19NO4S. The van der Waals surface area contributed by atoms with Crippen molar-refractivity contribution >= 4 is 48.4 Å². The molecule has 0 spiro atoms. The Morgan fingerprint density at radius 2 is 1.65 bits per heavy atom. The lowest BCUT2D eigenvalue weighted by Gasteiger charge is -2.27. The maximum Gasteiger partial charge on any atom is 0.200 e. The van der Waals surface area contributed by atoms with E-state index in [1.54, 1.807) is 29.5 Å². The number of benzene rings is 3. The van der Waals surface area contributed by atoms with Crippen LogP contribution in [0.1, 0.15) is 0 Å². The molecule has 0 atom stereocenters. The van der Waals surface area contributed by atoms with E-state index in [1.807, 2.05) is 30.3 Å². The van der Waals surface area contributed by atoms with Crippen LogP contribution in [-0.4, -0.2) is 31.4 Å². The number of morpholine rings is 1. The Kier molecular flexibility index (Phi) is 4.23. The molecule has 5 aromatic rings. The largest absolute Gasteiger partial charge is 0.508 e. The highest BCUT2D eigenvalue weighted by atomic mass is 32.1. The van der Waals surface area contributed by atoms with E-state index in [4.69, 9.17) is 9.15 Å². The van der Waals surface area contributed by atoms with Crippen molar-refractivity contribution in [3.05, 3.63) is 70.9 Å². The first-order valence-corrected chi connectivity index (χ1v) is 11.0. The highest BCUT2D eigenvalue weighted by molar-refractivity contribution is 7.26. The van der Waals surface area contributed by atoms with Crippen molar-refractivity contribution < 1.29 is 14.3 Å². The van der Waals surface area contributed by atoms with Crippen LogP contribution in [-0.2, 0) is 4.74 Å². The van der Waals surface area contributed by atoms with Crippen molar-refractivity contribution in [2.24, 2.45) is 0 Å². The van der Waals surface area contributed by atoms with Crippen molar-refractivity contribution in [3.63, 3.8) is 0 Å². The van der Waals surface area contributed by atoms with Gasteiger partial charge in [0.15, 0.2) is 11.3 Å². The number of thiophene rings is 1. The number of fused-ring (bicyclic) bond motifs is 4. The van der Waals surface area contributed by atoms with E-state index in [0.29, 0.717) is 43.2 Å². The first-order valence-electron chi connectivity index (χ1n) is 10.2. The zero-order valence-electron chi connectivity index (χ0n) is 16.6. The molecule has 0 bridgehead atoms. The highest BCUT2D eigenvalue weighted by Crippen LogP contribution is 2.42. The Labute approximate surface area is 181 Å². The quantitative estimate of drug-likeness (QED) is 0.409. The molecule has 0 aliphatic carbocycles. The monoisotopic (exact) mass is 429 g/mol. The zero-order valence-corrected chi connectivity index (χ0v) is 17.4. The summed E-state index contributed by atoms with van der Waals surface area (Å²) < 4.78 is 13.9. The van der Waals surface area contributed by atoms with Crippen molar-refractivity contribution in [2.75, 3.05) is 31.2 Å². The third kappa shape index (κ3) is 2.99. The summed E-state index contributed by atoms with van der Waals surface area (Å²) in [7, 11) is 0. The summed E-state index contributed by atoms with van der Waals surface area (Å²) in [5, 5.41) is 12.7.